The molecular weight excluding hydrogens is 308 g/mol. The molecular formula is C16H20N6O2. The summed E-state index contributed by atoms with van der Waals surface area (Å²) >= 11 is 0. The first-order chi connectivity index (χ1) is 11.4. The molecule has 0 aliphatic carbocycles. The molecule has 1 unspecified atom stereocenters. The van der Waals surface area contributed by atoms with Gasteiger partial charge in [0.25, 0.3) is 5.91 Å². The van der Waals surface area contributed by atoms with E-state index in [2.05, 4.69) is 20.5 Å². The normalized spacial score (nSPS) is 16.7. The van der Waals surface area contributed by atoms with Gasteiger partial charge in [-0.05, 0) is 32.4 Å². The van der Waals surface area contributed by atoms with Crippen LogP contribution in [0.25, 0.3) is 0 Å². The Morgan fingerprint density at radius 2 is 1.96 bits per heavy atom. The molecule has 0 bridgehead atoms. The largest absolute Gasteiger partial charge is 0.357 e. The summed E-state index contributed by atoms with van der Waals surface area (Å²) in [5.74, 6) is 0.907. The maximum absolute atomic E-state index is 12.9. The van der Waals surface area contributed by atoms with Gasteiger partial charge in [-0.1, -0.05) is 6.07 Å². The van der Waals surface area contributed by atoms with Crippen LogP contribution in [0.3, 0.4) is 0 Å². The monoisotopic (exact) mass is 328 g/mol. The molecule has 2 aromatic rings. The number of likely N-dealkylation sites (N-methyl/N-ethyl adjacent to an activating group) is 1. The molecule has 0 saturated carbocycles. The Kier molecular flexibility index (Phi) is 4.04. The van der Waals surface area contributed by atoms with Gasteiger partial charge in [-0.15, -0.1) is 10.2 Å². The number of aryl methyl sites for hydroxylation is 3. The molecule has 24 heavy (non-hydrogen) atoms. The Balaban J connectivity index is 1.98. The number of aromatic nitrogens is 4. The zero-order valence-electron chi connectivity index (χ0n) is 14.2. The molecule has 0 spiro atoms. The lowest BCUT2D eigenvalue weighted by atomic mass is 10.1. The first-order valence-electron chi connectivity index (χ1n) is 7.78. The quantitative estimate of drug-likeness (QED) is 0.860. The zero-order chi connectivity index (χ0) is 17.4. The van der Waals surface area contributed by atoms with E-state index in [-0.39, 0.29) is 18.4 Å². The number of carbonyl (C=O) groups excluding carboxylic acids is 2. The van der Waals surface area contributed by atoms with E-state index in [0.29, 0.717) is 18.1 Å². The summed E-state index contributed by atoms with van der Waals surface area (Å²) in [6.07, 6.45) is 0. The zero-order valence-corrected chi connectivity index (χ0v) is 14.2. The van der Waals surface area contributed by atoms with Crippen molar-refractivity contribution in [1.29, 1.82) is 0 Å². The Morgan fingerprint density at radius 1 is 1.21 bits per heavy atom. The molecule has 2 amide bonds. The highest BCUT2D eigenvalue weighted by Gasteiger charge is 2.36. The van der Waals surface area contributed by atoms with Crippen LogP contribution in [0.4, 0.5) is 0 Å². The highest BCUT2D eigenvalue weighted by atomic mass is 16.2. The first kappa shape index (κ1) is 16.1. The minimum absolute atomic E-state index is 0.217. The minimum atomic E-state index is -0.617. The van der Waals surface area contributed by atoms with Crippen LogP contribution in [0, 0.1) is 20.8 Å². The molecule has 1 atom stereocenters. The lowest BCUT2D eigenvalue weighted by Crippen LogP contribution is -2.53. The van der Waals surface area contributed by atoms with Crippen LogP contribution in [0.2, 0.25) is 0 Å². The SMILES string of the molecule is CNC(=O)C1Cn2c(C)nnc2CN1C(=O)c1ccc(C)c(C)n1. The van der Waals surface area contributed by atoms with E-state index in [4.69, 9.17) is 0 Å². The van der Waals surface area contributed by atoms with Crippen molar-refractivity contribution < 1.29 is 9.59 Å². The van der Waals surface area contributed by atoms with Crippen LogP contribution < -0.4 is 5.32 Å². The molecule has 8 heteroatoms. The van der Waals surface area contributed by atoms with Gasteiger partial charge in [-0.25, -0.2) is 4.98 Å². The molecule has 2 aromatic heterocycles. The molecule has 3 heterocycles. The summed E-state index contributed by atoms with van der Waals surface area (Å²) in [7, 11) is 1.56. The molecule has 0 radical (unpaired) electrons. The molecule has 1 N–H and O–H groups in total. The van der Waals surface area contributed by atoms with E-state index in [1.165, 1.54) is 4.90 Å². The number of hydrogen-bond acceptors (Lipinski definition) is 5. The van der Waals surface area contributed by atoms with Gasteiger partial charge in [0, 0.05) is 12.7 Å². The minimum Gasteiger partial charge on any atom is -0.357 e. The second-order valence-electron chi connectivity index (χ2n) is 5.94. The summed E-state index contributed by atoms with van der Waals surface area (Å²) in [5.41, 5.74) is 2.15. The van der Waals surface area contributed by atoms with Gasteiger partial charge in [-0.3, -0.25) is 9.59 Å². The molecule has 0 saturated heterocycles. The third-order valence-corrected chi connectivity index (χ3v) is 4.43. The molecule has 0 aromatic carbocycles. The maximum atomic E-state index is 12.9. The molecule has 3 rings (SSSR count). The topological polar surface area (TPSA) is 93.0 Å². The van der Waals surface area contributed by atoms with Crippen LogP contribution >= 0.6 is 0 Å². The summed E-state index contributed by atoms with van der Waals surface area (Å²) in [6.45, 7) is 6.20. The fourth-order valence-electron chi connectivity index (χ4n) is 2.81. The number of pyridine rings is 1. The van der Waals surface area contributed by atoms with Crippen molar-refractivity contribution in [3.8, 4) is 0 Å². The standard InChI is InChI=1S/C16H20N6O2/c1-9-5-6-12(18-10(9)2)16(24)22-8-14-20-19-11(3)21(14)7-13(22)15(23)17-4/h5-6,13H,7-8H2,1-4H3,(H,17,23). The Hall–Kier alpha value is -2.77. The second kappa shape index (κ2) is 6.03. The van der Waals surface area contributed by atoms with Crippen molar-refractivity contribution in [2.24, 2.45) is 0 Å². The predicted molar refractivity (Wildman–Crippen MR) is 86.2 cm³/mol. The predicted octanol–water partition coefficient (Wildman–Crippen LogP) is 0.369. The Labute approximate surface area is 139 Å². The maximum Gasteiger partial charge on any atom is 0.273 e. The van der Waals surface area contributed by atoms with Crippen LogP contribution in [-0.2, 0) is 17.9 Å². The van der Waals surface area contributed by atoms with Gasteiger partial charge in [0.1, 0.15) is 17.6 Å². The second-order valence-corrected chi connectivity index (χ2v) is 5.94. The van der Waals surface area contributed by atoms with E-state index in [1.54, 1.807) is 13.1 Å². The van der Waals surface area contributed by atoms with Gasteiger partial charge in [0.05, 0.1) is 13.1 Å². The molecule has 1 aliphatic heterocycles. The van der Waals surface area contributed by atoms with Crippen molar-refractivity contribution in [2.75, 3.05) is 7.05 Å². The third kappa shape index (κ3) is 2.64. The highest BCUT2D eigenvalue weighted by molar-refractivity contribution is 5.96. The lowest BCUT2D eigenvalue weighted by molar-refractivity contribution is -0.126. The van der Waals surface area contributed by atoms with Gasteiger partial charge in [-0.2, -0.15) is 0 Å². The van der Waals surface area contributed by atoms with E-state index < -0.39 is 6.04 Å². The number of hydrogen-bond donors (Lipinski definition) is 1. The van der Waals surface area contributed by atoms with E-state index in [0.717, 1.165) is 17.1 Å². The van der Waals surface area contributed by atoms with Crippen molar-refractivity contribution in [3.63, 3.8) is 0 Å². The van der Waals surface area contributed by atoms with E-state index in [1.807, 2.05) is 31.4 Å². The van der Waals surface area contributed by atoms with Crippen LogP contribution in [0.5, 0.6) is 0 Å². The average molecular weight is 328 g/mol. The number of carbonyl (C=O) groups is 2. The van der Waals surface area contributed by atoms with Crippen molar-refractivity contribution in [2.45, 2.75) is 39.9 Å². The Bertz CT molecular complexity index is 813. The summed E-state index contributed by atoms with van der Waals surface area (Å²) in [5, 5.41) is 10.8. The summed E-state index contributed by atoms with van der Waals surface area (Å²) < 4.78 is 1.87. The number of amides is 2. The first-order valence-corrected chi connectivity index (χ1v) is 7.78. The summed E-state index contributed by atoms with van der Waals surface area (Å²) in [6, 6.07) is 2.94. The van der Waals surface area contributed by atoms with Crippen LogP contribution in [-0.4, -0.2) is 49.6 Å². The van der Waals surface area contributed by atoms with Crippen LogP contribution in [0.1, 0.15) is 33.4 Å². The number of fused-ring (bicyclic) bond motifs is 1. The van der Waals surface area contributed by atoms with E-state index >= 15 is 0 Å². The van der Waals surface area contributed by atoms with Crippen molar-refractivity contribution in [3.05, 3.63) is 40.7 Å². The molecule has 126 valence electrons. The van der Waals surface area contributed by atoms with E-state index in [9.17, 15) is 9.59 Å². The average Bonchev–Trinajstić information content (AvgIpc) is 2.95. The van der Waals surface area contributed by atoms with Gasteiger partial charge in [0.2, 0.25) is 5.91 Å². The molecule has 1 aliphatic rings. The fourth-order valence-corrected chi connectivity index (χ4v) is 2.81. The molecule has 8 nitrogen and oxygen atoms in total. The van der Waals surface area contributed by atoms with Gasteiger partial charge in [0.15, 0.2) is 5.82 Å². The highest BCUT2D eigenvalue weighted by Crippen LogP contribution is 2.20. The number of rotatable bonds is 2. The smallest absolute Gasteiger partial charge is 0.273 e. The molecule has 0 fully saturated rings. The Morgan fingerprint density at radius 3 is 2.62 bits per heavy atom. The van der Waals surface area contributed by atoms with Gasteiger partial charge >= 0.3 is 0 Å². The third-order valence-electron chi connectivity index (χ3n) is 4.43. The van der Waals surface area contributed by atoms with Crippen molar-refractivity contribution in [1.82, 2.24) is 30.0 Å². The summed E-state index contributed by atoms with van der Waals surface area (Å²) in [4.78, 5) is 31.1. The fraction of sp³-hybridized carbons (Fsp3) is 0.438. The van der Waals surface area contributed by atoms with Crippen LogP contribution in [0.15, 0.2) is 12.1 Å². The van der Waals surface area contributed by atoms with Gasteiger partial charge < -0.3 is 14.8 Å². The number of nitrogens with zero attached hydrogens (tertiary/aromatic N) is 5. The van der Waals surface area contributed by atoms with Crippen molar-refractivity contribution >= 4 is 11.8 Å². The lowest BCUT2D eigenvalue weighted by Gasteiger charge is -2.34. The number of nitrogens with one attached hydrogen (secondary N) is 1.